The molecule has 2 aromatic rings. The van der Waals surface area contributed by atoms with Crippen molar-refractivity contribution in [3.8, 4) is 0 Å². The van der Waals surface area contributed by atoms with E-state index in [-0.39, 0.29) is 18.3 Å². The Hall–Kier alpha value is -1.68. The summed E-state index contributed by atoms with van der Waals surface area (Å²) in [6.45, 7) is 3.98. The molecule has 0 aliphatic heterocycles. The predicted molar refractivity (Wildman–Crippen MR) is 113 cm³/mol. The summed E-state index contributed by atoms with van der Waals surface area (Å²) in [6, 6.07) is 4.17. The molecule has 0 aliphatic carbocycles. The van der Waals surface area contributed by atoms with Crippen molar-refractivity contribution in [2.45, 2.75) is 48.7 Å². The SMILES string of the molecule is CC(C)(Sc1cnc(NC(=O)CCCCOCc2ccc(F)cc2Cl)s1)C(=O)O. The van der Waals surface area contributed by atoms with Crippen LogP contribution in [-0.2, 0) is 20.9 Å². The lowest BCUT2D eigenvalue weighted by molar-refractivity contribution is -0.138. The van der Waals surface area contributed by atoms with Crippen LogP contribution in [0.4, 0.5) is 9.52 Å². The van der Waals surface area contributed by atoms with Crippen LogP contribution in [-0.4, -0.2) is 33.3 Å². The number of nitrogens with one attached hydrogen (secondary N) is 1. The number of thiazole rings is 1. The van der Waals surface area contributed by atoms with Crippen LogP contribution in [0.5, 0.6) is 0 Å². The maximum Gasteiger partial charge on any atom is 0.319 e. The second-order valence-corrected chi connectivity index (χ2v) is 10.1. The van der Waals surface area contributed by atoms with Gasteiger partial charge in [0.25, 0.3) is 0 Å². The molecule has 0 bridgehead atoms. The van der Waals surface area contributed by atoms with E-state index in [0.29, 0.717) is 41.6 Å². The van der Waals surface area contributed by atoms with Crippen molar-refractivity contribution in [1.29, 1.82) is 0 Å². The van der Waals surface area contributed by atoms with E-state index < -0.39 is 10.7 Å². The van der Waals surface area contributed by atoms with Crippen LogP contribution >= 0.6 is 34.7 Å². The van der Waals surface area contributed by atoms with E-state index in [9.17, 15) is 14.0 Å². The third-order valence-corrected chi connectivity index (χ3v) is 6.37. The van der Waals surface area contributed by atoms with Crippen molar-refractivity contribution < 1.29 is 23.8 Å². The molecule has 1 aromatic carbocycles. The van der Waals surface area contributed by atoms with Crippen molar-refractivity contribution in [3.63, 3.8) is 0 Å². The van der Waals surface area contributed by atoms with E-state index in [1.165, 1.54) is 35.2 Å². The van der Waals surface area contributed by atoms with Gasteiger partial charge in [0.1, 0.15) is 10.6 Å². The Labute approximate surface area is 181 Å². The number of aromatic nitrogens is 1. The Balaban J connectivity index is 1.64. The van der Waals surface area contributed by atoms with E-state index in [4.69, 9.17) is 21.4 Å². The summed E-state index contributed by atoms with van der Waals surface area (Å²) >= 11 is 8.36. The van der Waals surface area contributed by atoms with Gasteiger partial charge in [-0.3, -0.25) is 9.59 Å². The van der Waals surface area contributed by atoms with Gasteiger partial charge in [0, 0.05) is 18.1 Å². The van der Waals surface area contributed by atoms with E-state index in [1.807, 2.05) is 0 Å². The van der Waals surface area contributed by atoms with E-state index in [1.54, 1.807) is 26.1 Å². The standard InChI is InChI=1S/C19H22ClFN2O4S2/c1-19(2,17(25)26)29-16-10-22-18(28-16)23-15(24)5-3-4-8-27-11-12-6-7-13(21)9-14(12)20/h6-7,9-10H,3-5,8,11H2,1-2H3,(H,25,26)(H,22,23,24). The Morgan fingerprint density at radius 3 is 2.83 bits per heavy atom. The van der Waals surface area contributed by atoms with Gasteiger partial charge >= 0.3 is 5.97 Å². The molecule has 0 aliphatic rings. The number of carbonyl (C=O) groups excluding carboxylic acids is 1. The summed E-state index contributed by atoms with van der Waals surface area (Å²) in [7, 11) is 0. The van der Waals surface area contributed by atoms with Crippen LogP contribution in [0.2, 0.25) is 5.02 Å². The van der Waals surface area contributed by atoms with Crippen molar-refractivity contribution in [2.75, 3.05) is 11.9 Å². The number of hydrogen-bond acceptors (Lipinski definition) is 6. The summed E-state index contributed by atoms with van der Waals surface area (Å²) in [5, 5.41) is 12.7. The topological polar surface area (TPSA) is 88.5 Å². The molecule has 0 fully saturated rings. The lowest BCUT2D eigenvalue weighted by atomic mass is 10.2. The van der Waals surface area contributed by atoms with Crippen LogP contribution in [0.1, 0.15) is 38.7 Å². The van der Waals surface area contributed by atoms with Crippen LogP contribution in [0, 0.1) is 5.82 Å². The van der Waals surface area contributed by atoms with Crippen LogP contribution in [0.25, 0.3) is 0 Å². The molecule has 158 valence electrons. The second-order valence-electron chi connectivity index (χ2n) is 6.70. The average molecular weight is 461 g/mol. The lowest BCUT2D eigenvalue weighted by Crippen LogP contribution is -2.26. The first-order valence-corrected chi connectivity index (χ1v) is 10.9. The van der Waals surface area contributed by atoms with Gasteiger partial charge in [0.15, 0.2) is 5.13 Å². The lowest BCUT2D eigenvalue weighted by Gasteiger charge is -2.16. The molecule has 1 aromatic heterocycles. The van der Waals surface area contributed by atoms with Gasteiger partial charge in [-0.2, -0.15) is 0 Å². The average Bonchev–Trinajstić information content (AvgIpc) is 3.05. The van der Waals surface area contributed by atoms with E-state index in [0.717, 1.165) is 4.21 Å². The molecule has 0 unspecified atom stereocenters. The Morgan fingerprint density at radius 2 is 2.14 bits per heavy atom. The highest BCUT2D eigenvalue weighted by molar-refractivity contribution is 8.03. The van der Waals surface area contributed by atoms with Crippen LogP contribution < -0.4 is 5.32 Å². The van der Waals surface area contributed by atoms with Crippen LogP contribution in [0.3, 0.4) is 0 Å². The van der Waals surface area contributed by atoms with Crippen molar-refractivity contribution in [1.82, 2.24) is 4.98 Å². The van der Waals surface area contributed by atoms with Crippen molar-refractivity contribution in [3.05, 3.63) is 40.8 Å². The second kappa shape index (κ2) is 10.9. The number of hydrogen-bond donors (Lipinski definition) is 2. The summed E-state index contributed by atoms with van der Waals surface area (Å²) < 4.78 is 18.2. The van der Waals surface area contributed by atoms with Gasteiger partial charge in [-0.25, -0.2) is 9.37 Å². The van der Waals surface area contributed by atoms with Gasteiger partial charge in [0.05, 0.1) is 17.0 Å². The van der Waals surface area contributed by atoms with Gasteiger partial charge in [-0.05, 0) is 44.4 Å². The zero-order valence-corrected chi connectivity index (χ0v) is 18.4. The fourth-order valence-corrected chi connectivity index (χ4v) is 4.66. The molecule has 0 spiro atoms. The molecule has 0 saturated carbocycles. The molecule has 10 heteroatoms. The van der Waals surface area contributed by atoms with Gasteiger partial charge in [-0.1, -0.05) is 40.8 Å². The minimum Gasteiger partial charge on any atom is -0.480 e. The first-order valence-electron chi connectivity index (χ1n) is 8.87. The highest BCUT2D eigenvalue weighted by Crippen LogP contribution is 2.37. The number of amides is 1. The summed E-state index contributed by atoms with van der Waals surface area (Å²) in [5.41, 5.74) is 0.717. The number of ether oxygens (including phenoxy) is 1. The predicted octanol–water partition coefficient (Wildman–Crippen LogP) is 5.22. The van der Waals surface area contributed by atoms with Crippen LogP contribution in [0.15, 0.2) is 28.6 Å². The molecule has 1 heterocycles. The zero-order chi connectivity index (χ0) is 21.4. The number of rotatable bonds is 11. The number of halogens is 2. The summed E-state index contributed by atoms with van der Waals surface area (Å²) in [4.78, 5) is 27.3. The highest BCUT2D eigenvalue weighted by Gasteiger charge is 2.29. The number of aliphatic carboxylic acids is 1. The molecule has 0 radical (unpaired) electrons. The highest BCUT2D eigenvalue weighted by atomic mass is 35.5. The quantitative estimate of drug-likeness (QED) is 0.353. The fraction of sp³-hybridized carbons (Fsp3) is 0.421. The molecular weight excluding hydrogens is 439 g/mol. The van der Waals surface area contributed by atoms with Gasteiger partial charge in [-0.15, -0.1) is 0 Å². The molecular formula is C19H22ClFN2O4S2. The number of nitrogens with zero attached hydrogens (tertiary/aromatic N) is 1. The molecule has 2 N–H and O–H groups in total. The largest absolute Gasteiger partial charge is 0.480 e. The maximum absolute atomic E-state index is 13.0. The zero-order valence-electron chi connectivity index (χ0n) is 16.0. The number of thioether (sulfide) groups is 1. The first kappa shape index (κ1) is 23.6. The Kier molecular flexibility index (Phi) is 8.88. The minimum absolute atomic E-state index is 0.157. The first-order chi connectivity index (χ1) is 13.7. The van der Waals surface area contributed by atoms with Gasteiger partial charge < -0.3 is 15.2 Å². The molecule has 6 nitrogen and oxygen atoms in total. The Bertz CT molecular complexity index is 860. The van der Waals surface area contributed by atoms with Crippen molar-refractivity contribution in [2.24, 2.45) is 0 Å². The smallest absolute Gasteiger partial charge is 0.319 e. The molecule has 0 saturated heterocycles. The molecule has 2 rings (SSSR count). The number of unbranched alkanes of at least 4 members (excludes halogenated alkanes) is 1. The maximum atomic E-state index is 13.0. The molecule has 1 amide bonds. The minimum atomic E-state index is -0.966. The van der Waals surface area contributed by atoms with E-state index >= 15 is 0 Å². The number of carbonyl (C=O) groups is 2. The normalized spacial score (nSPS) is 11.4. The number of benzene rings is 1. The monoisotopic (exact) mass is 460 g/mol. The number of anilines is 1. The van der Waals surface area contributed by atoms with E-state index in [2.05, 4.69) is 10.3 Å². The third kappa shape index (κ3) is 7.93. The fourth-order valence-electron chi connectivity index (χ4n) is 2.15. The summed E-state index contributed by atoms with van der Waals surface area (Å²) in [6.07, 6.45) is 3.22. The summed E-state index contributed by atoms with van der Waals surface area (Å²) in [5.74, 6) is -1.46. The number of carboxylic acids is 1. The molecule has 29 heavy (non-hydrogen) atoms. The molecule has 0 atom stereocenters. The van der Waals surface area contributed by atoms with Crippen molar-refractivity contribution >= 4 is 51.7 Å². The number of carboxylic acid groups (broad SMARTS) is 1. The Morgan fingerprint density at radius 1 is 1.38 bits per heavy atom. The third-order valence-electron chi connectivity index (χ3n) is 3.82. The van der Waals surface area contributed by atoms with Gasteiger partial charge in [0.2, 0.25) is 5.91 Å².